The summed E-state index contributed by atoms with van der Waals surface area (Å²) < 4.78 is 0. The summed E-state index contributed by atoms with van der Waals surface area (Å²) in [6.07, 6.45) is 2.93. The number of aromatic hydroxyl groups is 1. The van der Waals surface area contributed by atoms with Gasteiger partial charge in [0.15, 0.2) is 0 Å². The van der Waals surface area contributed by atoms with Gasteiger partial charge in [-0.15, -0.1) is 0 Å². The second kappa shape index (κ2) is 5.38. The standard InChI is InChI=1S/C12H16N2O/c1-2-3-7-11(14)10-6-4-5-9(8-13)12(10)15/h4-6,11,15H,2-3,7,14H2,1H3/t11-/m1/s1. The molecule has 0 aliphatic heterocycles. The fourth-order valence-electron chi connectivity index (χ4n) is 1.53. The molecular weight excluding hydrogens is 188 g/mol. The topological polar surface area (TPSA) is 70.0 Å². The Bertz CT molecular complexity index is 368. The van der Waals surface area contributed by atoms with Gasteiger partial charge in [-0.05, 0) is 12.5 Å². The number of hydrogen-bond donors (Lipinski definition) is 2. The van der Waals surface area contributed by atoms with Crippen LogP contribution in [0.3, 0.4) is 0 Å². The molecule has 0 saturated heterocycles. The van der Waals surface area contributed by atoms with Crippen LogP contribution in [0.5, 0.6) is 5.75 Å². The zero-order valence-corrected chi connectivity index (χ0v) is 8.90. The second-order valence-corrected chi connectivity index (χ2v) is 3.60. The van der Waals surface area contributed by atoms with Crippen LogP contribution in [0.1, 0.15) is 43.4 Å². The van der Waals surface area contributed by atoms with Crippen LogP contribution < -0.4 is 5.73 Å². The Morgan fingerprint density at radius 1 is 1.53 bits per heavy atom. The smallest absolute Gasteiger partial charge is 0.138 e. The summed E-state index contributed by atoms with van der Waals surface area (Å²) in [7, 11) is 0. The maximum atomic E-state index is 9.76. The number of phenolic OH excluding ortho intramolecular Hbond substituents is 1. The second-order valence-electron chi connectivity index (χ2n) is 3.60. The van der Waals surface area contributed by atoms with Gasteiger partial charge in [-0.2, -0.15) is 5.26 Å². The van der Waals surface area contributed by atoms with Crippen molar-refractivity contribution in [2.24, 2.45) is 5.73 Å². The highest BCUT2D eigenvalue weighted by Crippen LogP contribution is 2.28. The van der Waals surface area contributed by atoms with E-state index in [0.29, 0.717) is 11.1 Å². The van der Waals surface area contributed by atoms with Crippen molar-refractivity contribution in [3.63, 3.8) is 0 Å². The maximum absolute atomic E-state index is 9.76. The lowest BCUT2D eigenvalue weighted by Gasteiger charge is -2.13. The molecule has 3 heteroatoms. The molecule has 1 aromatic carbocycles. The summed E-state index contributed by atoms with van der Waals surface area (Å²) in [4.78, 5) is 0. The molecule has 15 heavy (non-hydrogen) atoms. The molecule has 0 spiro atoms. The van der Waals surface area contributed by atoms with E-state index in [2.05, 4.69) is 6.92 Å². The Morgan fingerprint density at radius 2 is 2.27 bits per heavy atom. The Labute approximate surface area is 90.1 Å². The molecule has 1 atom stereocenters. The van der Waals surface area contributed by atoms with E-state index < -0.39 is 0 Å². The van der Waals surface area contributed by atoms with E-state index in [9.17, 15) is 5.11 Å². The Balaban J connectivity index is 2.90. The first-order valence-corrected chi connectivity index (χ1v) is 5.18. The van der Waals surface area contributed by atoms with E-state index in [4.69, 9.17) is 11.0 Å². The third kappa shape index (κ3) is 2.71. The Kier molecular flexibility index (Phi) is 4.14. The quantitative estimate of drug-likeness (QED) is 0.791. The molecule has 0 bridgehead atoms. The van der Waals surface area contributed by atoms with E-state index >= 15 is 0 Å². The summed E-state index contributed by atoms with van der Waals surface area (Å²) >= 11 is 0. The molecule has 1 aromatic rings. The van der Waals surface area contributed by atoms with Crippen molar-refractivity contribution >= 4 is 0 Å². The van der Waals surface area contributed by atoms with Crippen LogP contribution in [0.2, 0.25) is 0 Å². The summed E-state index contributed by atoms with van der Waals surface area (Å²) in [6.45, 7) is 2.10. The number of nitrogens with zero attached hydrogens (tertiary/aromatic N) is 1. The molecule has 0 fully saturated rings. The molecule has 0 aliphatic rings. The summed E-state index contributed by atoms with van der Waals surface area (Å²) in [5.74, 6) is 0.0311. The average molecular weight is 204 g/mol. The van der Waals surface area contributed by atoms with Crippen LogP contribution in [-0.4, -0.2) is 5.11 Å². The van der Waals surface area contributed by atoms with Gasteiger partial charge in [-0.3, -0.25) is 0 Å². The van der Waals surface area contributed by atoms with Crippen molar-refractivity contribution in [2.45, 2.75) is 32.2 Å². The van der Waals surface area contributed by atoms with E-state index in [0.717, 1.165) is 19.3 Å². The number of benzene rings is 1. The van der Waals surface area contributed by atoms with Gasteiger partial charge in [0.25, 0.3) is 0 Å². The largest absolute Gasteiger partial charge is 0.506 e. The highest BCUT2D eigenvalue weighted by atomic mass is 16.3. The van der Waals surface area contributed by atoms with Gasteiger partial charge in [-0.25, -0.2) is 0 Å². The number of rotatable bonds is 4. The lowest BCUT2D eigenvalue weighted by Crippen LogP contribution is -2.10. The molecule has 3 nitrogen and oxygen atoms in total. The highest BCUT2D eigenvalue weighted by molar-refractivity contribution is 5.48. The van der Waals surface area contributed by atoms with Crippen LogP contribution >= 0.6 is 0 Å². The number of nitriles is 1. The van der Waals surface area contributed by atoms with Crippen LogP contribution in [-0.2, 0) is 0 Å². The Hall–Kier alpha value is -1.53. The normalized spacial score (nSPS) is 12.1. The minimum Gasteiger partial charge on any atom is -0.506 e. The SMILES string of the molecule is CCCC[C@@H](N)c1cccc(C#N)c1O. The molecule has 0 heterocycles. The van der Waals surface area contributed by atoms with Crippen molar-refractivity contribution in [3.05, 3.63) is 29.3 Å². The van der Waals surface area contributed by atoms with E-state index in [1.54, 1.807) is 18.2 Å². The van der Waals surface area contributed by atoms with Gasteiger partial charge in [0.05, 0.1) is 5.56 Å². The van der Waals surface area contributed by atoms with Crippen molar-refractivity contribution in [2.75, 3.05) is 0 Å². The predicted molar refractivity (Wildman–Crippen MR) is 59.3 cm³/mol. The van der Waals surface area contributed by atoms with Crippen molar-refractivity contribution in [1.82, 2.24) is 0 Å². The third-order valence-electron chi connectivity index (χ3n) is 2.46. The fraction of sp³-hybridized carbons (Fsp3) is 0.417. The molecule has 0 unspecified atom stereocenters. The van der Waals surface area contributed by atoms with Gasteiger partial charge in [0.2, 0.25) is 0 Å². The lowest BCUT2D eigenvalue weighted by atomic mass is 9.99. The van der Waals surface area contributed by atoms with Crippen molar-refractivity contribution in [3.8, 4) is 11.8 Å². The molecule has 0 radical (unpaired) electrons. The molecule has 0 aromatic heterocycles. The van der Waals surface area contributed by atoms with E-state index in [1.165, 1.54) is 0 Å². The number of phenols is 1. The molecule has 0 aliphatic carbocycles. The van der Waals surface area contributed by atoms with Crippen LogP contribution in [0.15, 0.2) is 18.2 Å². The van der Waals surface area contributed by atoms with Crippen LogP contribution in [0, 0.1) is 11.3 Å². The summed E-state index contributed by atoms with van der Waals surface area (Å²) in [5, 5.41) is 18.5. The van der Waals surface area contributed by atoms with Gasteiger partial charge in [0.1, 0.15) is 11.8 Å². The third-order valence-corrected chi connectivity index (χ3v) is 2.46. The number of hydrogen-bond acceptors (Lipinski definition) is 3. The number of unbranched alkanes of at least 4 members (excludes halogenated alkanes) is 1. The monoisotopic (exact) mass is 204 g/mol. The molecule has 0 amide bonds. The fourth-order valence-corrected chi connectivity index (χ4v) is 1.53. The molecule has 0 saturated carbocycles. The average Bonchev–Trinajstić information content (AvgIpc) is 2.26. The zero-order valence-electron chi connectivity index (χ0n) is 8.90. The predicted octanol–water partition coefficient (Wildman–Crippen LogP) is 2.45. The zero-order chi connectivity index (χ0) is 11.3. The minimum absolute atomic E-state index is 0.0311. The van der Waals surface area contributed by atoms with Gasteiger partial charge >= 0.3 is 0 Å². The van der Waals surface area contributed by atoms with Crippen molar-refractivity contribution in [1.29, 1.82) is 5.26 Å². The van der Waals surface area contributed by atoms with Gasteiger partial charge in [-0.1, -0.05) is 31.9 Å². The lowest BCUT2D eigenvalue weighted by molar-refractivity contribution is 0.455. The van der Waals surface area contributed by atoms with Crippen LogP contribution in [0.4, 0.5) is 0 Å². The summed E-state index contributed by atoms with van der Waals surface area (Å²) in [6, 6.07) is 6.87. The molecular formula is C12H16N2O. The first-order chi connectivity index (χ1) is 7.20. The minimum atomic E-state index is -0.182. The first kappa shape index (κ1) is 11.5. The highest BCUT2D eigenvalue weighted by Gasteiger charge is 2.12. The van der Waals surface area contributed by atoms with E-state index in [1.807, 2.05) is 6.07 Å². The molecule has 1 rings (SSSR count). The first-order valence-electron chi connectivity index (χ1n) is 5.18. The van der Waals surface area contributed by atoms with E-state index in [-0.39, 0.29) is 11.8 Å². The summed E-state index contributed by atoms with van der Waals surface area (Å²) in [5.41, 5.74) is 6.90. The number of para-hydroxylation sites is 1. The number of nitrogens with two attached hydrogens (primary N) is 1. The molecule has 3 N–H and O–H groups in total. The Morgan fingerprint density at radius 3 is 2.87 bits per heavy atom. The van der Waals surface area contributed by atoms with Crippen LogP contribution in [0.25, 0.3) is 0 Å². The molecule has 80 valence electrons. The van der Waals surface area contributed by atoms with Crippen molar-refractivity contribution < 1.29 is 5.11 Å². The van der Waals surface area contributed by atoms with Gasteiger partial charge < -0.3 is 10.8 Å². The van der Waals surface area contributed by atoms with Gasteiger partial charge in [0, 0.05) is 11.6 Å². The maximum Gasteiger partial charge on any atom is 0.138 e.